The normalized spacial score (nSPS) is 12.7. The van der Waals surface area contributed by atoms with Crippen LogP contribution in [0.15, 0.2) is 102 Å². The number of anilines is 1. The van der Waals surface area contributed by atoms with Crippen molar-refractivity contribution in [1.82, 2.24) is 10.2 Å². The fraction of sp³-hybridized carbons (Fsp3) is 0.278. The Labute approximate surface area is 282 Å². The van der Waals surface area contributed by atoms with Crippen LogP contribution in [0.2, 0.25) is 10.0 Å². The van der Waals surface area contributed by atoms with E-state index in [1.165, 1.54) is 17.0 Å². The number of sulfonamides is 1. The third-order valence-corrected chi connectivity index (χ3v) is 10.2. The van der Waals surface area contributed by atoms with Crippen LogP contribution < -0.4 is 9.62 Å². The molecule has 0 aromatic heterocycles. The predicted octanol–water partition coefficient (Wildman–Crippen LogP) is 7.36. The first-order valence-electron chi connectivity index (χ1n) is 15.1. The minimum absolute atomic E-state index is 0.0491. The lowest BCUT2D eigenvalue weighted by atomic mass is 10.0. The first kappa shape index (κ1) is 35.0. The standard InChI is InChI=1S/C36H39Cl2N3O4S/c1-5-27(4)39-36(43)34(21-28-11-7-6-8-12-28)40(23-29-16-17-30(37)22-33(29)38)35(42)24-41(31-13-9-10-26(3)20-31)46(44,45)32-18-14-25(2)15-19-32/h6-20,22,27,34H,5,21,23-24H2,1-4H3,(H,39,43). The molecule has 0 aliphatic rings. The summed E-state index contributed by atoms with van der Waals surface area (Å²) in [6.07, 6.45) is 0.895. The lowest BCUT2D eigenvalue weighted by Crippen LogP contribution is -2.54. The second-order valence-electron chi connectivity index (χ2n) is 11.4. The van der Waals surface area contributed by atoms with Gasteiger partial charge in [-0.3, -0.25) is 13.9 Å². The minimum atomic E-state index is -4.19. The van der Waals surface area contributed by atoms with Crippen LogP contribution in [0.1, 0.15) is 42.5 Å². The van der Waals surface area contributed by atoms with Crippen molar-refractivity contribution in [1.29, 1.82) is 0 Å². The number of nitrogens with zero attached hydrogens (tertiary/aromatic N) is 2. The molecule has 4 aromatic rings. The van der Waals surface area contributed by atoms with Gasteiger partial charge < -0.3 is 10.2 Å². The maximum absolute atomic E-state index is 14.6. The van der Waals surface area contributed by atoms with E-state index in [4.69, 9.17) is 23.2 Å². The quantitative estimate of drug-likeness (QED) is 0.160. The Hall–Kier alpha value is -3.85. The Bertz CT molecular complexity index is 1770. The number of rotatable bonds is 13. The van der Waals surface area contributed by atoms with Crippen LogP contribution in [-0.4, -0.2) is 43.8 Å². The number of amides is 2. The molecule has 10 heteroatoms. The summed E-state index contributed by atoms with van der Waals surface area (Å²) in [7, 11) is -4.19. The maximum atomic E-state index is 14.6. The molecular weight excluding hydrogens is 641 g/mol. The van der Waals surface area contributed by atoms with Crippen molar-refractivity contribution in [3.8, 4) is 0 Å². The SMILES string of the molecule is CCC(C)NC(=O)C(Cc1ccccc1)N(Cc1ccc(Cl)cc1Cl)C(=O)CN(c1cccc(C)c1)S(=O)(=O)c1ccc(C)cc1. The van der Waals surface area contributed by atoms with Crippen molar-refractivity contribution in [2.45, 2.75) is 64.1 Å². The molecule has 242 valence electrons. The Morgan fingerprint density at radius 3 is 2.17 bits per heavy atom. The zero-order chi connectivity index (χ0) is 33.4. The highest BCUT2D eigenvalue weighted by Crippen LogP contribution is 2.28. The van der Waals surface area contributed by atoms with E-state index in [2.05, 4.69) is 5.32 Å². The van der Waals surface area contributed by atoms with Crippen molar-refractivity contribution in [3.05, 3.63) is 129 Å². The molecule has 0 bridgehead atoms. The number of carbonyl (C=O) groups is 2. The molecular formula is C36H39Cl2N3O4S. The van der Waals surface area contributed by atoms with Gasteiger partial charge in [-0.2, -0.15) is 0 Å². The summed E-state index contributed by atoms with van der Waals surface area (Å²) in [4.78, 5) is 30.0. The van der Waals surface area contributed by atoms with Crippen LogP contribution in [0.25, 0.3) is 0 Å². The van der Waals surface area contributed by atoms with Gasteiger partial charge in [0.2, 0.25) is 11.8 Å². The highest BCUT2D eigenvalue weighted by atomic mass is 35.5. The van der Waals surface area contributed by atoms with E-state index in [1.54, 1.807) is 48.5 Å². The van der Waals surface area contributed by atoms with Crippen LogP contribution in [0.3, 0.4) is 0 Å². The highest BCUT2D eigenvalue weighted by Gasteiger charge is 2.35. The molecule has 0 saturated carbocycles. The molecule has 1 N–H and O–H groups in total. The van der Waals surface area contributed by atoms with Crippen LogP contribution in [0.5, 0.6) is 0 Å². The van der Waals surface area contributed by atoms with Crippen molar-refractivity contribution < 1.29 is 18.0 Å². The number of hydrogen-bond donors (Lipinski definition) is 1. The second-order valence-corrected chi connectivity index (χ2v) is 14.2. The third kappa shape index (κ3) is 8.90. The van der Waals surface area contributed by atoms with Gasteiger partial charge >= 0.3 is 0 Å². The van der Waals surface area contributed by atoms with Gasteiger partial charge in [-0.1, -0.05) is 96.4 Å². The fourth-order valence-electron chi connectivity index (χ4n) is 4.98. The molecule has 0 saturated heterocycles. The van der Waals surface area contributed by atoms with E-state index < -0.39 is 28.5 Å². The Morgan fingerprint density at radius 2 is 1.54 bits per heavy atom. The summed E-state index contributed by atoms with van der Waals surface area (Å²) in [6.45, 7) is 6.98. The zero-order valence-corrected chi connectivity index (χ0v) is 28.7. The molecule has 0 radical (unpaired) electrons. The fourth-order valence-corrected chi connectivity index (χ4v) is 6.85. The summed E-state index contributed by atoms with van der Waals surface area (Å²) in [5.41, 5.74) is 3.47. The van der Waals surface area contributed by atoms with Gasteiger partial charge in [-0.15, -0.1) is 0 Å². The van der Waals surface area contributed by atoms with Gasteiger partial charge in [0.25, 0.3) is 10.0 Å². The largest absolute Gasteiger partial charge is 0.352 e. The number of aryl methyl sites for hydroxylation is 2. The lowest BCUT2D eigenvalue weighted by molar-refractivity contribution is -0.140. The van der Waals surface area contributed by atoms with Crippen LogP contribution >= 0.6 is 23.2 Å². The molecule has 4 rings (SSSR count). The first-order valence-corrected chi connectivity index (χ1v) is 17.3. The van der Waals surface area contributed by atoms with E-state index in [-0.39, 0.29) is 29.8 Å². The molecule has 2 unspecified atom stereocenters. The number of carbonyl (C=O) groups excluding carboxylic acids is 2. The van der Waals surface area contributed by atoms with E-state index in [0.29, 0.717) is 27.7 Å². The summed E-state index contributed by atoms with van der Waals surface area (Å²) in [6, 6.07) is 26.7. The monoisotopic (exact) mass is 679 g/mol. The van der Waals surface area contributed by atoms with Crippen LogP contribution in [-0.2, 0) is 32.6 Å². The van der Waals surface area contributed by atoms with Crippen molar-refractivity contribution in [3.63, 3.8) is 0 Å². The van der Waals surface area contributed by atoms with Crippen molar-refractivity contribution in [2.75, 3.05) is 10.8 Å². The summed E-state index contributed by atoms with van der Waals surface area (Å²) in [5, 5.41) is 3.79. The Balaban J connectivity index is 1.83. The lowest BCUT2D eigenvalue weighted by Gasteiger charge is -2.34. The molecule has 0 aliphatic carbocycles. The molecule has 7 nitrogen and oxygen atoms in total. The van der Waals surface area contributed by atoms with Gasteiger partial charge in [0.15, 0.2) is 0 Å². The van der Waals surface area contributed by atoms with Gasteiger partial charge in [-0.25, -0.2) is 8.42 Å². The predicted molar refractivity (Wildman–Crippen MR) is 186 cm³/mol. The zero-order valence-electron chi connectivity index (χ0n) is 26.4. The van der Waals surface area contributed by atoms with Crippen LogP contribution in [0.4, 0.5) is 5.69 Å². The summed E-state index contributed by atoms with van der Waals surface area (Å²) in [5.74, 6) is -0.913. The Kier molecular flexibility index (Phi) is 11.9. The average Bonchev–Trinajstić information content (AvgIpc) is 3.02. The maximum Gasteiger partial charge on any atom is 0.264 e. The molecule has 0 heterocycles. The first-order chi connectivity index (χ1) is 21.9. The highest BCUT2D eigenvalue weighted by molar-refractivity contribution is 7.92. The van der Waals surface area contributed by atoms with Crippen molar-refractivity contribution in [2.24, 2.45) is 0 Å². The molecule has 0 aliphatic heterocycles. The van der Waals surface area contributed by atoms with Gasteiger partial charge in [0.05, 0.1) is 10.6 Å². The van der Waals surface area contributed by atoms with E-state index in [9.17, 15) is 18.0 Å². The number of nitrogens with one attached hydrogen (secondary N) is 1. The summed E-state index contributed by atoms with van der Waals surface area (Å²) < 4.78 is 29.5. The minimum Gasteiger partial charge on any atom is -0.352 e. The third-order valence-electron chi connectivity index (χ3n) is 7.81. The average molecular weight is 681 g/mol. The van der Waals surface area contributed by atoms with E-state index in [1.807, 2.05) is 64.1 Å². The molecule has 46 heavy (non-hydrogen) atoms. The molecule has 2 atom stereocenters. The van der Waals surface area contributed by atoms with Crippen molar-refractivity contribution >= 4 is 50.7 Å². The topological polar surface area (TPSA) is 86.8 Å². The molecule has 4 aromatic carbocycles. The molecule has 2 amide bonds. The van der Waals surface area contributed by atoms with Gasteiger partial charge in [0.1, 0.15) is 12.6 Å². The summed E-state index contributed by atoms with van der Waals surface area (Å²) >= 11 is 12.8. The van der Waals surface area contributed by atoms with Gasteiger partial charge in [0, 0.05) is 29.1 Å². The number of halogens is 2. The number of hydrogen-bond acceptors (Lipinski definition) is 4. The van der Waals surface area contributed by atoms with E-state index in [0.717, 1.165) is 21.0 Å². The number of benzene rings is 4. The Morgan fingerprint density at radius 1 is 0.848 bits per heavy atom. The molecule has 0 fully saturated rings. The van der Waals surface area contributed by atoms with Gasteiger partial charge in [-0.05, 0) is 80.3 Å². The van der Waals surface area contributed by atoms with E-state index >= 15 is 0 Å². The molecule has 0 spiro atoms. The second kappa shape index (κ2) is 15.6. The van der Waals surface area contributed by atoms with Crippen LogP contribution in [0, 0.1) is 13.8 Å². The smallest absolute Gasteiger partial charge is 0.264 e.